The number of hydrogen-bond donors (Lipinski definition) is 2. The van der Waals surface area contributed by atoms with Crippen LogP contribution in [0, 0.1) is 19.7 Å². The van der Waals surface area contributed by atoms with Crippen molar-refractivity contribution in [1.29, 1.82) is 0 Å². The highest BCUT2D eigenvalue weighted by Crippen LogP contribution is 2.19. The van der Waals surface area contributed by atoms with Crippen molar-refractivity contribution >= 4 is 5.97 Å². The maximum absolute atomic E-state index is 13.4. The number of carboxylic acids is 1. The van der Waals surface area contributed by atoms with Gasteiger partial charge in [-0.25, -0.2) is 9.18 Å². The molecule has 1 rings (SSSR count). The molecule has 0 radical (unpaired) electrons. The summed E-state index contributed by atoms with van der Waals surface area (Å²) >= 11 is 0. The minimum absolute atomic E-state index is 0.0941. The molecule has 1 atom stereocenters. The Kier molecular flexibility index (Phi) is 4.60. The molecule has 4 nitrogen and oxygen atoms in total. The van der Waals surface area contributed by atoms with Crippen LogP contribution in [0.5, 0.6) is 0 Å². The van der Waals surface area contributed by atoms with Crippen molar-refractivity contribution in [3.05, 3.63) is 34.6 Å². The summed E-state index contributed by atoms with van der Waals surface area (Å²) in [5, 5.41) is 8.41. The fourth-order valence-electron chi connectivity index (χ4n) is 1.56. The van der Waals surface area contributed by atoms with Gasteiger partial charge in [-0.2, -0.15) is 0 Å². The third-order valence-corrected chi connectivity index (χ3v) is 2.41. The molecule has 0 saturated carbocycles. The van der Waals surface area contributed by atoms with Gasteiger partial charge >= 0.3 is 5.97 Å². The van der Waals surface area contributed by atoms with E-state index in [9.17, 15) is 9.18 Å². The molecular weight excluding hydrogens is 225 g/mol. The van der Waals surface area contributed by atoms with Crippen LogP contribution in [0.2, 0.25) is 0 Å². The predicted molar refractivity (Wildman–Crippen MR) is 61.3 cm³/mol. The normalized spacial score (nSPS) is 12.5. The fraction of sp³-hybridized carbons (Fsp3) is 0.417. The summed E-state index contributed by atoms with van der Waals surface area (Å²) in [6.07, 6.45) is 0. The number of nitrogens with two attached hydrogens (primary N) is 1. The maximum atomic E-state index is 13.4. The minimum atomic E-state index is -1.04. The molecule has 0 amide bonds. The van der Waals surface area contributed by atoms with Gasteiger partial charge in [0.05, 0.1) is 12.6 Å². The van der Waals surface area contributed by atoms with E-state index in [0.717, 1.165) is 5.56 Å². The average molecular weight is 241 g/mol. The summed E-state index contributed by atoms with van der Waals surface area (Å²) in [4.78, 5) is 10.3. The molecule has 0 saturated heterocycles. The molecule has 0 aliphatic rings. The lowest BCUT2D eigenvalue weighted by Gasteiger charge is -2.14. The summed E-state index contributed by atoms with van der Waals surface area (Å²) in [5.74, 6) is -1.28. The number of ether oxygens (including phenoxy) is 1. The Morgan fingerprint density at radius 3 is 2.47 bits per heavy atom. The van der Waals surface area contributed by atoms with Crippen LogP contribution in [0.1, 0.15) is 22.7 Å². The smallest absolute Gasteiger partial charge is 0.329 e. The van der Waals surface area contributed by atoms with Crippen molar-refractivity contribution in [2.75, 3.05) is 13.2 Å². The monoisotopic (exact) mass is 241 g/mol. The third kappa shape index (κ3) is 3.80. The van der Waals surface area contributed by atoms with Gasteiger partial charge in [-0.3, -0.25) is 0 Å². The van der Waals surface area contributed by atoms with Crippen LogP contribution in [0.15, 0.2) is 12.1 Å². The van der Waals surface area contributed by atoms with Gasteiger partial charge in [-0.05, 0) is 30.5 Å². The lowest BCUT2D eigenvalue weighted by atomic mass is 10.0. The highest BCUT2D eigenvalue weighted by atomic mass is 19.1. The van der Waals surface area contributed by atoms with Crippen molar-refractivity contribution in [2.24, 2.45) is 5.73 Å². The second-order valence-corrected chi connectivity index (χ2v) is 3.98. The molecule has 0 bridgehead atoms. The van der Waals surface area contributed by atoms with Gasteiger partial charge < -0.3 is 15.6 Å². The van der Waals surface area contributed by atoms with E-state index in [1.807, 2.05) is 0 Å². The molecule has 5 heteroatoms. The maximum Gasteiger partial charge on any atom is 0.329 e. The predicted octanol–water partition coefficient (Wildman–Crippen LogP) is 1.54. The standard InChI is InChI=1S/C12H16FNO3/c1-7-3-9(4-8(2)12(7)13)10(14)5-17-6-11(15)16/h3-4,10H,5-6,14H2,1-2H3,(H,15,16). The van der Waals surface area contributed by atoms with Crippen LogP contribution >= 0.6 is 0 Å². The Labute approximate surface area is 99.2 Å². The van der Waals surface area contributed by atoms with E-state index in [-0.39, 0.29) is 19.0 Å². The van der Waals surface area contributed by atoms with Crippen molar-refractivity contribution < 1.29 is 19.0 Å². The summed E-state index contributed by atoms with van der Waals surface area (Å²) in [6, 6.07) is 2.85. The number of hydrogen-bond acceptors (Lipinski definition) is 3. The number of aryl methyl sites for hydroxylation is 2. The minimum Gasteiger partial charge on any atom is -0.480 e. The van der Waals surface area contributed by atoms with E-state index in [1.54, 1.807) is 26.0 Å². The molecule has 17 heavy (non-hydrogen) atoms. The topological polar surface area (TPSA) is 72.5 Å². The molecule has 1 aromatic carbocycles. The van der Waals surface area contributed by atoms with E-state index in [1.165, 1.54) is 0 Å². The van der Waals surface area contributed by atoms with Crippen LogP contribution < -0.4 is 5.73 Å². The Hall–Kier alpha value is -1.46. The number of benzene rings is 1. The van der Waals surface area contributed by atoms with Crippen LogP contribution in [0.25, 0.3) is 0 Å². The molecule has 0 aliphatic carbocycles. The zero-order valence-electron chi connectivity index (χ0n) is 9.87. The van der Waals surface area contributed by atoms with Gasteiger partial charge in [-0.1, -0.05) is 12.1 Å². The lowest BCUT2D eigenvalue weighted by Crippen LogP contribution is -2.20. The first kappa shape index (κ1) is 13.6. The first-order valence-corrected chi connectivity index (χ1v) is 5.23. The SMILES string of the molecule is Cc1cc(C(N)COCC(=O)O)cc(C)c1F. The molecule has 0 fully saturated rings. The van der Waals surface area contributed by atoms with E-state index in [2.05, 4.69) is 0 Å². The van der Waals surface area contributed by atoms with E-state index >= 15 is 0 Å². The fourth-order valence-corrected chi connectivity index (χ4v) is 1.56. The van der Waals surface area contributed by atoms with Gasteiger partial charge in [0.2, 0.25) is 0 Å². The Balaban J connectivity index is 2.69. The first-order chi connectivity index (χ1) is 7.91. The second-order valence-electron chi connectivity index (χ2n) is 3.98. The van der Waals surface area contributed by atoms with Gasteiger partial charge in [0.15, 0.2) is 0 Å². The largest absolute Gasteiger partial charge is 0.480 e. The van der Waals surface area contributed by atoms with Crippen LogP contribution in [0.3, 0.4) is 0 Å². The summed E-state index contributed by atoms with van der Waals surface area (Å²) in [7, 11) is 0. The van der Waals surface area contributed by atoms with E-state index < -0.39 is 12.0 Å². The zero-order valence-corrected chi connectivity index (χ0v) is 9.87. The number of carboxylic acid groups (broad SMARTS) is 1. The number of carbonyl (C=O) groups is 1. The molecular formula is C12H16FNO3. The van der Waals surface area contributed by atoms with Crippen LogP contribution in [0.4, 0.5) is 4.39 Å². The molecule has 0 spiro atoms. The quantitative estimate of drug-likeness (QED) is 0.820. The van der Waals surface area contributed by atoms with Crippen molar-refractivity contribution in [3.8, 4) is 0 Å². The van der Waals surface area contributed by atoms with Crippen molar-refractivity contribution in [3.63, 3.8) is 0 Å². The first-order valence-electron chi connectivity index (χ1n) is 5.23. The van der Waals surface area contributed by atoms with E-state index in [0.29, 0.717) is 11.1 Å². The molecule has 3 N–H and O–H groups in total. The van der Waals surface area contributed by atoms with Gasteiger partial charge in [0, 0.05) is 0 Å². The highest BCUT2D eigenvalue weighted by molar-refractivity contribution is 5.67. The number of halogens is 1. The number of aliphatic carboxylic acids is 1. The van der Waals surface area contributed by atoms with Crippen molar-refractivity contribution in [1.82, 2.24) is 0 Å². The Bertz CT molecular complexity index is 397. The van der Waals surface area contributed by atoms with Gasteiger partial charge in [0.25, 0.3) is 0 Å². The molecule has 1 unspecified atom stereocenters. The van der Waals surface area contributed by atoms with Gasteiger partial charge in [0.1, 0.15) is 12.4 Å². The summed E-state index contributed by atoms with van der Waals surface area (Å²) in [5.41, 5.74) is 7.61. The Morgan fingerprint density at radius 1 is 1.47 bits per heavy atom. The zero-order chi connectivity index (χ0) is 13.0. The summed E-state index contributed by atoms with van der Waals surface area (Å²) in [6.45, 7) is 3.04. The molecule has 94 valence electrons. The molecule has 0 aromatic heterocycles. The Morgan fingerprint density at radius 2 is 2.00 bits per heavy atom. The van der Waals surface area contributed by atoms with Crippen LogP contribution in [-0.4, -0.2) is 24.3 Å². The summed E-state index contributed by atoms with van der Waals surface area (Å²) < 4.78 is 18.3. The molecule has 1 aromatic rings. The third-order valence-electron chi connectivity index (χ3n) is 2.41. The average Bonchev–Trinajstić information content (AvgIpc) is 2.24. The highest BCUT2D eigenvalue weighted by Gasteiger charge is 2.11. The number of rotatable bonds is 5. The van der Waals surface area contributed by atoms with Gasteiger partial charge in [-0.15, -0.1) is 0 Å². The molecule has 0 aliphatic heterocycles. The van der Waals surface area contributed by atoms with Crippen LogP contribution in [-0.2, 0) is 9.53 Å². The van der Waals surface area contributed by atoms with E-state index in [4.69, 9.17) is 15.6 Å². The second kappa shape index (κ2) is 5.75. The van der Waals surface area contributed by atoms with Crippen molar-refractivity contribution in [2.45, 2.75) is 19.9 Å². The lowest BCUT2D eigenvalue weighted by molar-refractivity contribution is -0.142. The molecule has 0 heterocycles.